The summed E-state index contributed by atoms with van der Waals surface area (Å²) in [5.41, 5.74) is 1.11. The average molecular weight is 357 g/mol. The van der Waals surface area contributed by atoms with E-state index < -0.39 is 0 Å². The van der Waals surface area contributed by atoms with Crippen LogP contribution in [0.4, 0.5) is 0 Å². The van der Waals surface area contributed by atoms with Crippen molar-refractivity contribution < 1.29 is 9.53 Å². The Morgan fingerprint density at radius 1 is 1.15 bits per heavy atom. The van der Waals surface area contributed by atoms with Crippen molar-refractivity contribution in [1.82, 2.24) is 14.8 Å². The van der Waals surface area contributed by atoms with Gasteiger partial charge in [-0.05, 0) is 23.6 Å². The standard InChI is InChI=1S/C20H27N3O3/c1-20(2,3)19(25)23-9-7-22(8-10-23)13-15-11-14-5-6-16(26-4)12-17(14)21-18(15)24/h5-6,11-12H,7-10,13H2,1-4H3,(H,21,24). The predicted molar refractivity (Wildman–Crippen MR) is 102 cm³/mol. The van der Waals surface area contributed by atoms with Crippen LogP contribution in [0.2, 0.25) is 0 Å². The van der Waals surface area contributed by atoms with Crippen molar-refractivity contribution in [3.8, 4) is 5.75 Å². The molecule has 1 aliphatic rings. The quantitative estimate of drug-likeness (QED) is 0.915. The molecule has 1 N–H and O–H groups in total. The zero-order chi connectivity index (χ0) is 18.9. The second-order valence-corrected chi connectivity index (χ2v) is 7.90. The number of ether oxygens (including phenoxy) is 1. The SMILES string of the molecule is COc1ccc2cc(CN3CCN(C(=O)C(C)(C)C)CC3)c(=O)[nH]c2c1. The molecule has 0 spiro atoms. The van der Waals surface area contributed by atoms with Crippen LogP contribution >= 0.6 is 0 Å². The van der Waals surface area contributed by atoms with Crippen molar-refractivity contribution in [2.75, 3.05) is 33.3 Å². The average Bonchev–Trinajstić information content (AvgIpc) is 2.61. The van der Waals surface area contributed by atoms with Gasteiger partial charge in [0.2, 0.25) is 5.91 Å². The van der Waals surface area contributed by atoms with Crippen LogP contribution in [0.5, 0.6) is 5.75 Å². The second kappa shape index (κ2) is 7.11. The third-order valence-electron chi connectivity index (χ3n) is 4.83. The Kier molecular flexibility index (Phi) is 5.05. The molecule has 0 atom stereocenters. The number of nitrogens with zero attached hydrogens (tertiary/aromatic N) is 2. The van der Waals surface area contributed by atoms with E-state index in [2.05, 4.69) is 9.88 Å². The monoisotopic (exact) mass is 357 g/mol. The molecule has 1 aromatic heterocycles. The number of methoxy groups -OCH3 is 1. The number of benzene rings is 1. The van der Waals surface area contributed by atoms with Gasteiger partial charge in [-0.25, -0.2) is 0 Å². The fourth-order valence-corrected chi connectivity index (χ4v) is 3.29. The first-order valence-electron chi connectivity index (χ1n) is 8.99. The smallest absolute Gasteiger partial charge is 0.252 e. The number of aromatic nitrogens is 1. The molecule has 2 aromatic rings. The van der Waals surface area contributed by atoms with Crippen LogP contribution in [0, 0.1) is 5.41 Å². The molecule has 1 saturated heterocycles. The Bertz CT molecular complexity index is 859. The maximum absolute atomic E-state index is 12.4. The summed E-state index contributed by atoms with van der Waals surface area (Å²) in [6.07, 6.45) is 0. The van der Waals surface area contributed by atoms with E-state index in [1.54, 1.807) is 7.11 Å². The molecular formula is C20H27N3O3. The van der Waals surface area contributed by atoms with Crippen LogP contribution in [0.15, 0.2) is 29.1 Å². The molecule has 0 unspecified atom stereocenters. The van der Waals surface area contributed by atoms with E-state index in [1.165, 1.54) is 0 Å². The minimum Gasteiger partial charge on any atom is -0.497 e. The number of nitrogens with one attached hydrogen (secondary N) is 1. The number of hydrogen-bond donors (Lipinski definition) is 1. The molecule has 6 nitrogen and oxygen atoms in total. The van der Waals surface area contributed by atoms with Crippen LogP contribution in [0.25, 0.3) is 10.9 Å². The Hall–Kier alpha value is -2.34. The van der Waals surface area contributed by atoms with E-state index >= 15 is 0 Å². The molecular weight excluding hydrogens is 330 g/mol. The van der Waals surface area contributed by atoms with Gasteiger partial charge in [-0.15, -0.1) is 0 Å². The number of hydrogen-bond acceptors (Lipinski definition) is 4. The Labute approximate surface area is 153 Å². The minimum absolute atomic E-state index is 0.0704. The molecule has 1 amide bonds. The molecule has 3 rings (SSSR count). The van der Waals surface area contributed by atoms with Crippen molar-refractivity contribution in [3.63, 3.8) is 0 Å². The van der Waals surface area contributed by atoms with Crippen molar-refractivity contribution >= 4 is 16.8 Å². The first-order chi connectivity index (χ1) is 12.3. The highest BCUT2D eigenvalue weighted by Crippen LogP contribution is 2.20. The largest absolute Gasteiger partial charge is 0.497 e. The maximum atomic E-state index is 12.4. The fourth-order valence-electron chi connectivity index (χ4n) is 3.29. The zero-order valence-electron chi connectivity index (χ0n) is 16.0. The topological polar surface area (TPSA) is 65.6 Å². The fraction of sp³-hybridized carbons (Fsp3) is 0.500. The lowest BCUT2D eigenvalue weighted by molar-refractivity contribution is -0.141. The third-order valence-corrected chi connectivity index (χ3v) is 4.83. The molecule has 0 aliphatic carbocycles. The van der Waals surface area contributed by atoms with Gasteiger partial charge in [0.25, 0.3) is 5.56 Å². The lowest BCUT2D eigenvalue weighted by Crippen LogP contribution is -2.51. The molecule has 2 heterocycles. The summed E-state index contributed by atoms with van der Waals surface area (Å²) in [5, 5.41) is 0.988. The highest BCUT2D eigenvalue weighted by molar-refractivity contribution is 5.81. The minimum atomic E-state index is -0.348. The molecule has 6 heteroatoms. The van der Waals surface area contributed by atoms with Crippen molar-refractivity contribution in [3.05, 3.63) is 40.2 Å². The summed E-state index contributed by atoms with van der Waals surface area (Å²) in [7, 11) is 1.61. The second-order valence-electron chi connectivity index (χ2n) is 7.90. The Morgan fingerprint density at radius 2 is 1.85 bits per heavy atom. The predicted octanol–water partition coefficient (Wildman–Crippen LogP) is 2.23. The van der Waals surface area contributed by atoms with Gasteiger partial charge in [-0.3, -0.25) is 14.5 Å². The molecule has 0 radical (unpaired) electrons. The van der Waals surface area contributed by atoms with Crippen LogP contribution in [0.3, 0.4) is 0 Å². The van der Waals surface area contributed by atoms with Gasteiger partial charge in [-0.2, -0.15) is 0 Å². The number of piperazine rings is 1. The van der Waals surface area contributed by atoms with Gasteiger partial charge in [0.15, 0.2) is 0 Å². The van der Waals surface area contributed by atoms with Crippen LogP contribution in [-0.2, 0) is 11.3 Å². The van der Waals surface area contributed by atoms with Crippen molar-refractivity contribution in [2.45, 2.75) is 27.3 Å². The molecule has 1 aliphatic heterocycles. The number of carbonyl (C=O) groups excluding carboxylic acids is 1. The summed E-state index contributed by atoms with van der Waals surface area (Å²) < 4.78 is 5.20. The van der Waals surface area contributed by atoms with Crippen LogP contribution in [0.1, 0.15) is 26.3 Å². The summed E-state index contributed by atoms with van der Waals surface area (Å²) in [6.45, 7) is 9.41. The van der Waals surface area contributed by atoms with Crippen molar-refractivity contribution in [2.24, 2.45) is 5.41 Å². The number of aromatic amines is 1. The van der Waals surface area contributed by atoms with E-state index in [1.807, 2.05) is 49.9 Å². The molecule has 1 fully saturated rings. The molecule has 0 bridgehead atoms. The van der Waals surface area contributed by atoms with E-state index in [-0.39, 0.29) is 16.9 Å². The van der Waals surface area contributed by atoms with E-state index in [9.17, 15) is 9.59 Å². The number of pyridine rings is 1. The van der Waals surface area contributed by atoms with Crippen LogP contribution < -0.4 is 10.3 Å². The van der Waals surface area contributed by atoms with Crippen LogP contribution in [-0.4, -0.2) is 54.0 Å². The first kappa shape index (κ1) is 18.5. The zero-order valence-corrected chi connectivity index (χ0v) is 16.0. The third kappa shape index (κ3) is 3.90. The molecule has 26 heavy (non-hydrogen) atoms. The Morgan fingerprint density at radius 3 is 2.46 bits per heavy atom. The lowest BCUT2D eigenvalue weighted by atomic mass is 9.94. The van der Waals surface area contributed by atoms with Gasteiger partial charge in [0.05, 0.1) is 12.6 Å². The molecule has 140 valence electrons. The van der Waals surface area contributed by atoms with E-state index in [0.29, 0.717) is 19.6 Å². The lowest BCUT2D eigenvalue weighted by Gasteiger charge is -2.37. The van der Waals surface area contributed by atoms with E-state index in [4.69, 9.17) is 4.74 Å². The summed E-state index contributed by atoms with van der Waals surface area (Å²) in [4.78, 5) is 31.9. The number of carbonyl (C=O) groups is 1. The van der Waals surface area contributed by atoms with Gasteiger partial charge >= 0.3 is 0 Å². The highest BCUT2D eigenvalue weighted by Gasteiger charge is 2.29. The summed E-state index contributed by atoms with van der Waals surface area (Å²) >= 11 is 0. The first-order valence-corrected chi connectivity index (χ1v) is 8.99. The summed E-state index contributed by atoms with van der Waals surface area (Å²) in [6, 6.07) is 7.62. The number of amides is 1. The summed E-state index contributed by atoms with van der Waals surface area (Å²) in [5.74, 6) is 0.912. The Balaban J connectivity index is 1.69. The molecule has 0 saturated carbocycles. The van der Waals surface area contributed by atoms with Gasteiger partial charge in [0, 0.05) is 49.8 Å². The van der Waals surface area contributed by atoms with Gasteiger partial charge in [-0.1, -0.05) is 20.8 Å². The number of H-pyrrole nitrogens is 1. The maximum Gasteiger partial charge on any atom is 0.252 e. The van der Waals surface area contributed by atoms with Gasteiger partial charge in [0.1, 0.15) is 5.75 Å². The molecule has 1 aromatic carbocycles. The normalized spacial score (nSPS) is 16.1. The highest BCUT2D eigenvalue weighted by atomic mass is 16.5. The number of rotatable bonds is 3. The number of fused-ring (bicyclic) bond motifs is 1. The van der Waals surface area contributed by atoms with E-state index in [0.717, 1.165) is 35.3 Å². The van der Waals surface area contributed by atoms with Crippen molar-refractivity contribution in [1.29, 1.82) is 0 Å². The van der Waals surface area contributed by atoms with Gasteiger partial charge < -0.3 is 14.6 Å².